The van der Waals surface area contributed by atoms with Crippen molar-refractivity contribution >= 4 is 26.3 Å². The fourth-order valence-electron chi connectivity index (χ4n) is 2.06. The SMILES string of the molecule is CC(C)(C)O[Si](Nc1ccc(Cl)cc1)(OC(C)(C)C)OC(C)(C)C. The van der Waals surface area contributed by atoms with E-state index in [1.165, 1.54) is 0 Å². The van der Waals surface area contributed by atoms with Gasteiger partial charge in [0.2, 0.25) is 0 Å². The van der Waals surface area contributed by atoms with Crippen LogP contribution in [0.15, 0.2) is 24.3 Å². The van der Waals surface area contributed by atoms with Gasteiger partial charge in [-0.25, -0.2) is 0 Å². The van der Waals surface area contributed by atoms with Crippen molar-refractivity contribution in [2.45, 2.75) is 79.1 Å². The molecule has 1 N–H and O–H groups in total. The first-order valence-electron chi connectivity index (χ1n) is 8.24. The average Bonchev–Trinajstić information content (AvgIpc) is 2.24. The zero-order chi connectivity index (χ0) is 18.8. The molecule has 0 atom stereocenters. The predicted octanol–water partition coefficient (Wildman–Crippen LogP) is 5.63. The molecule has 4 nitrogen and oxygen atoms in total. The van der Waals surface area contributed by atoms with Crippen molar-refractivity contribution in [2.24, 2.45) is 0 Å². The third-order valence-electron chi connectivity index (χ3n) is 2.46. The summed E-state index contributed by atoms with van der Waals surface area (Å²) in [5.74, 6) is 0. The number of nitrogens with one attached hydrogen (secondary N) is 1. The zero-order valence-corrected chi connectivity index (χ0v) is 18.2. The summed E-state index contributed by atoms with van der Waals surface area (Å²) in [7, 11) is -3.25. The monoisotopic (exact) mass is 373 g/mol. The summed E-state index contributed by atoms with van der Waals surface area (Å²) < 4.78 is 19.1. The second-order valence-electron chi connectivity index (χ2n) is 8.83. The molecule has 1 aromatic carbocycles. The van der Waals surface area contributed by atoms with E-state index in [2.05, 4.69) is 4.98 Å². The van der Waals surface area contributed by atoms with Crippen LogP contribution >= 0.6 is 11.6 Å². The van der Waals surface area contributed by atoms with Gasteiger partial charge in [0, 0.05) is 10.7 Å². The topological polar surface area (TPSA) is 39.7 Å². The maximum atomic E-state index is 6.36. The Balaban J connectivity index is 3.28. The summed E-state index contributed by atoms with van der Waals surface area (Å²) >= 11 is 5.99. The van der Waals surface area contributed by atoms with Crippen LogP contribution in [0.1, 0.15) is 62.3 Å². The van der Waals surface area contributed by atoms with E-state index in [4.69, 9.17) is 24.9 Å². The minimum Gasteiger partial charge on any atom is -0.352 e. The Kier molecular flexibility index (Phi) is 6.56. The van der Waals surface area contributed by atoms with Crippen LogP contribution in [-0.4, -0.2) is 25.8 Å². The maximum Gasteiger partial charge on any atom is 0.632 e. The second kappa shape index (κ2) is 7.34. The normalized spacial score (nSPS) is 13.9. The molecule has 1 aromatic rings. The van der Waals surface area contributed by atoms with Gasteiger partial charge in [-0.1, -0.05) is 11.6 Å². The summed E-state index contributed by atoms with van der Waals surface area (Å²) in [6.07, 6.45) is 0. The molecule has 138 valence electrons. The summed E-state index contributed by atoms with van der Waals surface area (Å²) in [5.41, 5.74) is -0.435. The summed E-state index contributed by atoms with van der Waals surface area (Å²) in [5, 5.41) is 0.679. The number of hydrogen-bond acceptors (Lipinski definition) is 4. The third-order valence-corrected chi connectivity index (χ3v) is 5.95. The van der Waals surface area contributed by atoms with Crippen LogP contribution in [0.25, 0.3) is 0 Å². The van der Waals surface area contributed by atoms with Gasteiger partial charge in [0.05, 0.1) is 16.8 Å². The molecule has 0 radical (unpaired) electrons. The lowest BCUT2D eigenvalue weighted by molar-refractivity contribution is -0.0706. The fraction of sp³-hybridized carbons (Fsp3) is 0.667. The van der Waals surface area contributed by atoms with E-state index in [9.17, 15) is 0 Å². The van der Waals surface area contributed by atoms with Crippen molar-refractivity contribution in [3.63, 3.8) is 0 Å². The van der Waals surface area contributed by atoms with Crippen LogP contribution < -0.4 is 4.98 Å². The molecule has 6 heteroatoms. The van der Waals surface area contributed by atoms with Crippen LogP contribution in [0.4, 0.5) is 5.69 Å². The van der Waals surface area contributed by atoms with E-state index in [1.54, 1.807) is 0 Å². The highest BCUT2D eigenvalue weighted by Crippen LogP contribution is 2.30. The van der Waals surface area contributed by atoms with Gasteiger partial charge in [-0.2, -0.15) is 0 Å². The molecule has 0 aliphatic heterocycles. The highest BCUT2D eigenvalue weighted by atomic mass is 35.5. The first-order valence-corrected chi connectivity index (χ1v) is 10.3. The van der Waals surface area contributed by atoms with E-state index in [-0.39, 0.29) is 0 Å². The third kappa shape index (κ3) is 8.49. The van der Waals surface area contributed by atoms with E-state index < -0.39 is 25.8 Å². The molecule has 0 heterocycles. The number of anilines is 1. The van der Waals surface area contributed by atoms with Crippen molar-refractivity contribution in [3.8, 4) is 0 Å². The molecule has 1 rings (SSSR count). The Morgan fingerprint density at radius 1 is 0.708 bits per heavy atom. The molecule has 0 saturated carbocycles. The Labute approximate surface area is 153 Å². The van der Waals surface area contributed by atoms with E-state index in [0.717, 1.165) is 5.69 Å². The Bertz CT molecular complexity index is 486. The molecule has 24 heavy (non-hydrogen) atoms. The zero-order valence-electron chi connectivity index (χ0n) is 16.4. The van der Waals surface area contributed by atoms with Crippen LogP contribution in [0, 0.1) is 0 Å². The van der Waals surface area contributed by atoms with Gasteiger partial charge < -0.3 is 18.3 Å². The molecule has 0 amide bonds. The Morgan fingerprint density at radius 3 is 1.33 bits per heavy atom. The highest BCUT2D eigenvalue weighted by molar-refractivity contribution is 6.64. The number of benzene rings is 1. The molecule has 0 spiro atoms. The molecule has 0 aliphatic rings. The first kappa shape index (κ1) is 21.4. The van der Waals surface area contributed by atoms with E-state index in [1.807, 2.05) is 86.6 Å². The van der Waals surface area contributed by atoms with Gasteiger partial charge in [0.25, 0.3) is 0 Å². The minimum atomic E-state index is -3.25. The maximum absolute atomic E-state index is 6.36. The van der Waals surface area contributed by atoms with Crippen molar-refractivity contribution in [1.82, 2.24) is 0 Å². The lowest BCUT2D eigenvalue weighted by Gasteiger charge is -2.42. The molecule has 0 aromatic heterocycles. The van der Waals surface area contributed by atoms with E-state index >= 15 is 0 Å². The van der Waals surface area contributed by atoms with Gasteiger partial charge in [-0.3, -0.25) is 0 Å². The van der Waals surface area contributed by atoms with Crippen molar-refractivity contribution < 1.29 is 13.3 Å². The lowest BCUT2D eigenvalue weighted by atomic mass is 10.2. The standard InChI is InChI=1S/C18H32ClNO3Si/c1-16(2,3)21-24(22-17(4,5)6,23-18(7,8)9)20-15-12-10-14(19)11-13-15/h10-13,20H,1-9H3. The van der Waals surface area contributed by atoms with E-state index in [0.29, 0.717) is 5.02 Å². The summed E-state index contributed by atoms with van der Waals surface area (Å²) in [6, 6.07) is 7.45. The van der Waals surface area contributed by atoms with Crippen molar-refractivity contribution in [3.05, 3.63) is 29.3 Å². The first-order chi connectivity index (χ1) is 10.6. The van der Waals surface area contributed by atoms with Crippen molar-refractivity contribution in [2.75, 3.05) is 4.98 Å². The van der Waals surface area contributed by atoms with Crippen LogP contribution in [0.5, 0.6) is 0 Å². The van der Waals surface area contributed by atoms with Gasteiger partial charge in [0.15, 0.2) is 0 Å². The average molecular weight is 374 g/mol. The molecular weight excluding hydrogens is 342 g/mol. The van der Waals surface area contributed by atoms with Crippen LogP contribution in [-0.2, 0) is 13.3 Å². The highest BCUT2D eigenvalue weighted by Gasteiger charge is 2.52. The Morgan fingerprint density at radius 2 is 1.04 bits per heavy atom. The number of halogens is 1. The minimum absolute atomic E-state index is 0.428. The molecule has 0 bridgehead atoms. The lowest BCUT2D eigenvalue weighted by Crippen LogP contribution is -2.62. The predicted molar refractivity (Wildman–Crippen MR) is 103 cm³/mol. The van der Waals surface area contributed by atoms with Crippen molar-refractivity contribution in [1.29, 1.82) is 0 Å². The number of hydrogen-bond donors (Lipinski definition) is 1. The Hall–Kier alpha value is -0.593. The molecule has 0 unspecified atom stereocenters. The molecule has 0 fully saturated rings. The van der Waals surface area contributed by atoms with Gasteiger partial charge in [-0.05, 0) is 86.6 Å². The largest absolute Gasteiger partial charge is 0.632 e. The fourth-order valence-corrected chi connectivity index (χ4v) is 5.40. The quantitative estimate of drug-likeness (QED) is 0.678. The molecule has 0 aliphatic carbocycles. The molecular formula is C18H32ClNO3Si. The molecule has 0 saturated heterocycles. The number of rotatable bonds is 5. The van der Waals surface area contributed by atoms with Crippen LogP contribution in [0.2, 0.25) is 5.02 Å². The smallest absolute Gasteiger partial charge is 0.352 e. The summed E-state index contributed by atoms with van der Waals surface area (Å²) in [4.78, 5) is 3.40. The van der Waals surface area contributed by atoms with Crippen LogP contribution in [0.3, 0.4) is 0 Å². The van der Waals surface area contributed by atoms with Gasteiger partial charge >= 0.3 is 8.97 Å². The summed E-state index contributed by atoms with van der Waals surface area (Å²) in [6.45, 7) is 18.0. The van der Waals surface area contributed by atoms with Gasteiger partial charge in [-0.15, -0.1) is 0 Å². The second-order valence-corrected chi connectivity index (χ2v) is 11.2. The van der Waals surface area contributed by atoms with Gasteiger partial charge in [0.1, 0.15) is 0 Å².